The number of carbonyl (C=O) groups excluding carboxylic acids is 1. The summed E-state index contributed by atoms with van der Waals surface area (Å²) < 4.78 is 5.14. The highest BCUT2D eigenvalue weighted by atomic mass is 16.5. The summed E-state index contributed by atoms with van der Waals surface area (Å²) >= 11 is 0. The maximum Gasteiger partial charge on any atom is 0.253 e. The van der Waals surface area contributed by atoms with E-state index in [1.807, 2.05) is 18.2 Å². The molecule has 3 rings (SSSR count). The summed E-state index contributed by atoms with van der Waals surface area (Å²) in [5, 5.41) is 3.04. The highest BCUT2D eigenvalue weighted by Crippen LogP contribution is 2.41. The zero-order chi connectivity index (χ0) is 14.8. The number of hydrogen-bond donors (Lipinski definition) is 2. The Hall–Kier alpha value is -2.49. The number of rotatable bonds is 4. The Bertz CT molecular complexity index is 655. The lowest BCUT2D eigenvalue weighted by Gasteiger charge is -2.10. The van der Waals surface area contributed by atoms with E-state index in [2.05, 4.69) is 17.4 Å². The van der Waals surface area contributed by atoms with Crippen LogP contribution in [0.1, 0.15) is 28.3 Å². The molecule has 1 amide bonds. The van der Waals surface area contributed by atoms with E-state index in [0.29, 0.717) is 22.9 Å². The molecule has 4 nitrogen and oxygen atoms in total. The number of nitrogen functional groups attached to an aromatic ring is 1. The van der Waals surface area contributed by atoms with E-state index in [-0.39, 0.29) is 11.9 Å². The molecule has 0 bridgehead atoms. The maximum absolute atomic E-state index is 12.3. The summed E-state index contributed by atoms with van der Waals surface area (Å²) in [5.41, 5.74) is 8.07. The van der Waals surface area contributed by atoms with Crippen molar-refractivity contribution in [3.63, 3.8) is 0 Å². The Kier molecular flexibility index (Phi) is 3.52. The van der Waals surface area contributed by atoms with Crippen molar-refractivity contribution in [3.8, 4) is 5.75 Å². The second-order valence-electron chi connectivity index (χ2n) is 5.25. The topological polar surface area (TPSA) is 64.3 Å². The van der Waals surface area contributed by atoms with Gasteiger partial charge in [-0.25, -0.2) is 0 Å². The predicted octanol–water partition coefficient (Wildman–Crippen LogP) is 2.56. The summed E-state index contributed by atoms with van der Waals surface area (Å²) in [6.07, 6.45) is 0.972. The second kappa shape index (κ2) is 5.48. The minimum absolute atomic E-state index is 0.144. The number of carbonyl (C=O) groups is 1. The van der Waals surface area contributed by atoms with Crippen LogP contribution in [0.25, 0.3) is 0 Å². The van der Waals surface area contributed by atoms with Gasteiger partial charge in [-0.3, -0.25) is 4.79 Å². The molecule has 21 heavy (non-hydrogen) atoms. The molecule has 0 heterocycles. The molecule has 2 unspecified atom stereocenters. The van der Waals surface area contributed by atoms with Crippen molar-refractivity contribution in [2.45, 2.75) is 18.4 Å². The predicted molar refractivity (Wildman–Crippen MR) is 82.5 cm³/mol. The molecule has 1 saturated carbocycles. The van der Waals surface area contributed by atoms with E-state index in [0.717, 1.165) is 6.42 Å². The van der Waals surface area contributed by atoms with Crippen LogP contribution in [0, 0.1) is 0 Å². The van der Waals surface area contributed by atoms with Crippen molar-refractivity contribution in [1.82, 2.24) is 5.32 Å². The summed E-state index contributed by atoms with van der Waals surface area (Å²) in [6.45, 7) is 0. The van der Waals surface area contributed by atoms with Crippen LogP contribution in [0.5, 0.6) is 5.75 Å². The monoisotopic (exact) mass is 282 g/mol. The minimum Gasteiger partial charge on any atom is -0.495 e. The van der Waals surface area contributed by atoms with Crippen LogP contribution in [-0.2, 0) is 0 Å². The van der Waals surface area contributed by atoms with Crippen LogP contribution in [0.3, 0.4) is 0 Å². The smallest absolute Gasteiger partial charge is 0.253 e. The molecule has 0 radical (unpaired) electrons. The van der Waals surface area contributed by atoms with Gasteiger partial charge in [-0.2, -0.15) is 0 Å². The Balaban J connectivity index is 1.69. The first-order valence-electron chi connectivity index (χ1n) is 6.99. The van der Waals surface area contributed by atoms with E-state index in [1.165, 1.54) is 5.56 Å². The van der Waals surface area contributed by atoms with Crippen molar-refractivity contribution in [2.75, 3.05) is 12.8 Å². The first-order chi connectivity index (χ1) is 10.2. The number of para-hydroxylation sites is 1. The Morgan fingerprint density at radius 3 is 2.67 bits per heavy atom. The van der Waals surface area contributed by atoms with Gasteiger partial charge in [-0.1, -0.05) is 36.4 Å². The summed E-state index contributed by atoms with van der Waals surface area (Å²) in [7, 11) is 1.54. The molecule has 2 atom stereocenters. The molecule has 1 fully saturated rings. The lowest BCUT2D eigenvalue weighted by Crippen LogP contribution is -2.27. The van der Waals surface area contributed by atoms with Crippen molar-refractivity contribution in [3.05, 3.63) is 59.7 Å². The lowest BCUT2D eigenvalue weighted by molar-refractivity contribution is 0.0951. The third-order valence-corrected chi connectivity index (χ3v) is 3.87. The Morgan fingerprint density at radius 2 is 1.95 bits per heavy atom. The molecule has 0 spiro atoms. The molecule has 3 N–H and O–H groups in total. The van der Waals surface area contributed by atoms with Crippen LogP contribution in [0.4, 0.5) is 5.69 Å². The third kappa shape index (κ3) is 2.70. The number of ether oxygens (including phenoxy) is 1. The van der Waals surface area contributed by atoms with Crippen LogP contribution in [-0.4, -0.2) is 19.1 Å². The number of hydrogen-bond acceptors (Lipinski definition) is 3. The van der Waals surface area contributed by atoms with Crippen LogP contribution < -0.4 is 15.8 Å². The average molecular weight is 282 g/mol. The van der Waals surface area contributed by atoms with Gasteiger partial charge in [-0.05, 0) is 24.1 Å². The van der Waals surface area contributed by atoms with Gasteiger partial charge in [0.2, 0.25) is 0 Å². The highest BCUT2D eigenvalue weighted by Gasteiger charge is 2.39. The molecule has 2 aromatic carbocycles. The van der Waals surface area contributed by atoms with Gasteiger partial charge < -0.3 is 15.8 Å². The molecule has 0 saturated heterocycles. The number of nitrogens with two attached hydrogens (primary N) is 1. The average Bonchev–Trinajstić information content (AvgIpc) is 3.27. The SMILES string of the molecule is COc1cccc(C(=O)NC2CC2c2ccccc2)c1N. The number of benzene rings is 2. The molecule has 4 heteroatoms. The molecular formula is C17H18N2O2. The largest absolute Gasteiger partial charge is 0.495 e. The molecule has 108 valence electrons. The molecule has 0 aromatic heterocycles. The fourth-order valence-electron chi connectivity index (χ4n) is 2.59. The minimum atomic E-state index is -0.144. The first-order valence-corrected chi connectivity index (χ1v) is 6.99. The van der Waals surface area contributed by atoms with Gasteiger partial charge in [0.15, 0.2) is 0 Å². The fraction of sp³-hybridized carbons (Fsp3) is 0.235. The first kappa shape index (κ1) is 13.5. The number of amides is 1. The van der Waals surface area contributed by atoms with Crippen molar-refractivity contribution < 1.29 is 9.53 Å². The van der Waals surface area contributed by atoms with Crippen LogP contribution in [0.2, 0.25) is 0 Å². The highest BCUT2D eigenvalue weighted by molar-refractivity contribution is 6.00. The molecule has 1 aliphatic rings. The van der Waals surface area contributed by atoms with E-state index >= 15 is 0 Å². The van der Waals surface area contributed by atoms with E-state index in [1.54, 1.807) is 25.3 Å². The van der Waals surface area contributed by atoms with E-state index < -0.39 is 0 Å². The second-order valence-corrected chi connectivity index (χ2v) is 5.25. The third-order valence-electron chi connectivity index (χ3n) is 3.87. The van der Waals surface area contributed by atoms with Gasteiger partial charge in [-0.15, -0.1) is 0 Å². The van der Waals surface area contributed by atoms with Gasteiger partial charge in [0.25, 0.3) is 5.91 Å². The van der Waals surface area contributed by atoms with E-state index in [4.69, 9.17) is 10.5 Å². The zero-order valence-electron chi connectivity index (χ0n) is 11.9. The van der Waals surface area contributed by atoms with Gasteiger partial charge in [0, 0.05) is 12.0 Å². The summed E-state index contributed by atoms with van der Waals surface area (Å²) in [5.74, 6) is 0.787. The Morgan fingerprint density at radius 1 is 1.19 bits per heavy atom. The van der Waals surface area contributed by atoms with E-state index in [9.17, 15) is 4.79 Å². The van der Waals surface area contributed by atoms with Crippen molar-refractivity contribution >= 4 is 11.6 Å². The number of anilines is 1. The van der Waals surface area contributed by atoms with Crippen LogP contribution in [0.15, 0.2) is 48.5 Å². The fourth-order valence-corrected chi connectivity index (χ4v) is 2.59. The van der Waals surface area contributed by atoms with Crippen molar-refractivity contribution in [1.29, 1.82) is 0 Å². The molecule has 1 aliphatic carbocycles. The molecule has 0 aliphatic heterocycles. The molecule has 2 aromatic rings. The number of methoxy groups -OCH3 is 1. The van der Waals surface area contributed by atoms with Gasteiger partial charge >= 0.3 is 0 Å². The summed E-state index contributed by atoms with van der Waals surface area (Å²) in [6, 6.07) is 15.6. The summed E-state index contributed by atoms with van der Waals surface area (Å²) in [4.78, 5) is 12.3. The quantitative estimate of drug-likeness (QED) is 0.847. The maximum atomic E-state index is 12.3. The normalized spacial score (nSPS) is 19.9. The molecular weight excluding hydrogens is 264 g/mol. The van der Waals surface area contributed by atoms with Crippen LogP contribution >= 0.6 is 0 Å². The lowest BCUT2D eigenvalue weighted by atomic mass is 10.1. The Labute approximate surface area is 123 Å². The zero-order valence-corrected chi connectivity index (χ0v) is 11.9. The van der Waals surface area contributed by atoms with Gasteiger partial charge in [0.1, 0.15) is 5.75 Å². The van der Waals surface area contributed by atoms with Crippen molar-refractivity contribution in [2.24, 2.45) is 0 Å². The standard InChI is InChI=1S/C17H18N2O2/c1-21-15-9-5-8-12(16(15)18)17(20)19-14-10-13(14)11-6-3-2-4-7-11/h2-9,13-14H,10,18H2,1H3,(H,19,20). The number of nitrogens with one attached hydrogen (secondary N) is 1. The van der Waals surface area contributed by atoms with Gasteiger partial charge in [0.05, 0.1) is 18.4 Å².